The van der Waals surface area contributed by atoms with E-state index in [2.05, 4.69) is 14.9 Å². The van der Waals surface area contributed by atoms with Crippen LogP contribution in [0.1, 0.15) is 53.5 Å². The number of carbonyl (C=O) groups is 2. The molecule has 27 heavy (non-hydrogen) atoms. The van der Waals surface area contributed by atoms with Gasteiger partial charge in [-0.3, -0.25) is 9.59 Å². The lowest BCUT2D eigenvalue weighted by Gasteiger charge is -2.32. The predicted octanol–water partition coefficient (Wildman–Crippen LogP) is 2.88. The molecule has 0 bridgehead atoms. The molecule has 1 aliphatic carbocycles. The molecule has 3 rings (SSSR count). The number of methoxy groups -OCH3 is 1. The van der Waals surface area contributed by atoms with E-state index >= 15 is 0 Å². The van der Waals surface area contributed by atoms with Crippen LogP contribution in [0.3, 0.4) is 0 Å². The number of carbonyl (C=O) groups excluding carboxylic acids is 2. The molecule has 1 atom stereocenters. The Morgan fingerprint density at radius 1 is 1.37 bits per heavy atom. The SMILES string of the molecule is COCCN(C(=O)c1csnn1)[C@@H](C(=O)NC1CCCCC1)c1cccs1. The first-order valence-corrected chi connectivity index (χ1v) is 10.8. The van der Waals surface area contributed by atoms with Crippen molar-refractivity contribution in [1.82, 2.24) is 19.8 Å². The monoisotopic (exact) mass is 408 g/mol. The molecule has 2 aromatic rings. The number of hydrogen-bond acceptors (Lipinski definition) is 7. The largest absolute Gasteiger partial charge is 0.383 e. The third-order valence-electron chi connectivity index (χ3n) is 4.70. The number of ether oxygens (including phenoxy) is 1. The Morgan fingerprint density at radius 2 is 2.19 bits per heavy atom. The molecule has 0 aliphatic heterocycles. The minimum atomic E-state index is -0.698. The highest BCUT2D eigenvalue weighted by molar-refractivity contribution is 7.10. The van der Waals surface area contributed by atoms with Crippen LogP contribution < -0.4 is 5.32 Å². The van der Waals surface area contributed by atoms with Crippen LogP contribution in [-0.2, 0) is 9.53 Å². The van der Waals surface area contributed by atoms with Gasteiger partial charge in [-0.15, -0.1) is 16.4 Å². The first kappa shape index (κ1) is 19.9. The van der Waals surface area contributed by atoms with Gasteiger partial charge < -0.3 is 15.0 Å². The van der Waals surface area contributed by atoms with Gasteiger partial charge in [0, 0.05) is 30.0 Å². The van der Waals surface area contributed by atoms with Crippen LogP contribution in [0.5, 0.6) is 0 Å². The van der Waals surface area contributed by atoms with Gasteiger partial charge in [-0.05, 0) is 35.8 Å². The van der Waals surface area contributed by atoms with Crippen molar-refractivity contribution in [2.45, 2.75) is 44.2 Å². The van der Waals surface area contributed by atoms with Crippen LogP contribution >= 0.6 is 22.9 Å². The predicted molar refractivity (Wildman–Crippen MR) is 105 cm³/mol. The van der Waals surface area contributed by atoms with Crippen LogP contribution in [0.4, 0.5) is 0 Å². The van der Waals surface area contributed by atoms with Crippen molar-refractivity contribution in [3.63, 3.8) is 0 Å². The van der Waals surface area contributed by atoms with Gasteiger partial charge in [-0.25, -0.2) is 0 Å². The summed E-state index contributed by atoms with van der Waals surface area (Å²) in [6.45, 7) is 0.634. The second kappa shape index (κ2) is 9.91. The molecule has 1 fully saturated rings. The van der Waals surface area contributed by atoms with Crippen molar-refractivity contribution >= 4 is 34.7 Å². The average Bonchev–Trinajstić information content (AvgIpc) is 3.39. The van der Waals surface area contributed by atoms with Gasteiger partial charge in [0.1, 0.15) is 6.04 Å². The fraction of sp³-hybridized carbons (Fsp3) is 0.556. The number of amides is 2. The summed E-state index contributed by atoms with van der Waals surface area (Å²) >= 11 is 2.59. The summed E-state index contributed by atoms with van der Waals surface area (Å²) in [4.78, 5) is 28.6. The van der Waals surface area contributed by atoms with Gasteiger partial charge in [-0.2, -0.15) is 0 Å². The minimum absolute atomic E-state index is 0.142. The van der Waals surface area contributed by atoms with E-state index in [0.717, 1.165) is 42.1 Å². The average molecular weight is 409 g/mol. The number of aromatic nitrogens is 2. The molecule has 2 heterocycles. The quantitative estimate of drug-likeness (QED) is 0.726. The Morgan fingerprint density at radius 3 is 2.81 bits per heavy atom. The van der Waals surface area contributed by atoms with Crippen LogP contribution in [0.15, 0.2) is 22.9 Å². The third kappa shape index (κ3) is 5.12. The molecule has 1 aliphatic rings. The van der Waals surface area contributed by atoms with Crippen molar-refractivity contribution in [2.24, 2.45) is 0 Å². The molecule has 9 heteroatoms. The van der Waals surface area contributed by atoms with Gasteiger partial charge in [0.15, 0.2) is 5.69 Å². The van der Waals surface area contributed by atoms with Crippen molar-refractivity contribution in [2.75, 3.05) is 20.3 Å². The van der Waals surface area contributed by atoms with E-state index in [1.165, 1.54) is 17.8 Å². The van der Waals surface area contributed by atoms with Gasteiger partial charge >= 0.3 is 0 Å². The summed E-state index contributed by atoms with van der Waals surface area (Å²) in [7, 11) is 1.58. The summed E-state index contributed by atoms with van der Waals surface area (Å²) in [6, 6.07) is 3.26. The second-order valence-corrected chi connectivity index (χ2v) is 8.13. The van der Waals surface area contributed by atoms with Crippen LogP contribution in [-0.4, -0.2) is 52.6 Å². The van der Waals surface area contributed by atoms with Crippen molar-refractivity contribution < 1.29 is 14.3 Å². The Kier molecular flexibility index (Phi) is 7.31. The highest BCUT2D eigenvalue weighted by atomic mass is 32.1. The van der Waals surface area contributed by atoms with E-state index in [0.29, 0.717) is 13.2 Å². The highest BCUT2D eigenvalue weighted by Gasteiger charge is 2.34. The van der Waals surface area contributed by atoms with E-state index < -0.39 is 6.04 Å². The summed E-state index contributed by atoms with van der Waals surface area (Å²) in [6.07, 6.45) is 5.46. The standard InChI is InChI=1S/C18H24N4O3S2/c1-25-10-9-22(18(24)14-12-27-21-20-14)16(15-8-5-11-26-15)17(23)19-13-6-3-2-4-7-13/h5,8,11-13,16H,2-4,6-7,9-10H2,1H3,(H,19,23)/t16-/m1/s1. The van der Waals surface area contributed by atoms with Crippen LogP contribution in [0.25, 0.3) is 0 Å². The van der Waals surface area contributed by atoms with Crippen LogP contribution in [0, 0.1) is 0 Å². The van der Waals surface area contributed by atoms with E-state index in [1.807, 2.05) is 17.5 Å². The highest BCUT2D eigenvalue weighted by Crippen LogP contribution is 2.28. The van der Waals surface area contributed by atoms with E-state index in [4.69, 9.17) is 4.74 Å². The maximum absolute atomic E-state index is 13.2. The van der Waals surface area contributed by atoms with Crippen molar-refractivity contribution in [3.8, 4) is 0 Å². The van der Waals surface area contributed by atoms with Gasteiger partial charge in [0.05, 0.1) is 6.61 Å². The Labute approximate surface area is 166 Å². The first-order valence-electron chi connectivity index (χ1n) is 9.11. The fourth-order valence-electron chi connectivity index (χ4n) is 3.34. The molecule has 1 saturated carbocycles. The molecule has 0 radical (unpaired) electrons. The van der Waals surface area contributed by atoms with Gasteiger partial charge in [-0.1, -0.05) is 29.8 Å². The second-order valence-electron chi connectivity index (χ2n) is 6.54. The fourth-order valence-corrected chi connectivity index (χ4v) is 4.61. The third-order valence-corrected chi connectivity index (χ3v) is 6.13. The summed E-state index contributed by atoms with van der Waals surface area (Å²) < 4.78 is 8.96. The molecular weight excluding hydrogens is 384 g/mol. The first-order chi connectivity index (χ1) is 13.2. The van der Waals surface area contributed by atoms with Crippen LogP contribution in [0.2, 0.25) is 0 Å². The Bertz CT molecular complexity index is 715. The molecule has 0 unspecified atom stereocenters. The number of nitrogens with one attached hydrogen (secondary N) is 1. The lowest BCUT2D eigenvalue weighted by atomic mass is 9.95. The molecule has 1 N–H and O–H groups in total. The molecule has 2 aromatic heterocycles. The summed E-state index contributed by atoms with van der Waals surface area (Å²) in [5, 5.41) is 10.6. The number of rotatable bonds is 8. The topological polar surface area (TPSA) is 84.4 Å². The van der Waals surface area contributed by atoms with Crippen molar-refractivity contribution in [1.29, 1.82) is 0 Å². The zero-order valence-corrected chi connectivity index (χ0v) is 16.9. The zero-order valence-electron chi connectivity index (χ0n) is 15.3. The Balaban J connectivity index is 1.85. The summed E-state index contributed by atoms with van der Waals surface area (Å²) in [5.74, 6) is -0.449. The lowest BCUT2D eigenvalue weighted by Crippen LogP contribution is -2.47. The molecule has 7 nitrogen and oxygen atoms in total. The zero-order chi connectivity index (χ0) is 19.1. The van der Waals surface area contributed by atoms with Gasteiger partial charge in [0.2, 0.25) is 5.91 Å². The molecule has 0 aromatic carbocycles. The van der Waals surface area contributed by atoms with E-state index in [9.17, 15) is 9.59 Å². The number of thiophene rings is 1. The molecular formula is C18H24N4O3S2. The van der Waals surface area contributed by atoms with Crippen molar-refractivity contribution in [3.05, 3.63) is 33.5 Å². The number of nitrogens with zero attached hydrogens (tertiary/aromatic N) is 3. The minimum Gasteiger partial charge on any atom is -0.383 e. The summed E-state index contributed by atoms with van der Waals surface area (Å²) in [5.41, 5.74) is 0.253. The molecule has 146 valence electrons. The normalized spacial score (nSPS) is 16.0. The Hall–Kier alpha value is -1.84. The molecule has 2 amide bonds. The molecule has 0 spiro atoms. The smallest absolute Gasteiger partial charge is 0.276 e. The number of hydrogen-bond donors (Lipinski definition) is 1. The van der Waals surface area contributed by atoms with E-state index in [-0.39, 0.29) is 23.6 Å². The van der Waals surface area contributed by atoms with Gasteiger partial charge in [0.25, 0.3) is 5.91 Å². The lowest BCUT2D eigenvalue weighted by molar-refractivity contribution is -0.127. The molecule has 0 saturated heterocycles. The maximum Gasteiger partial charge on any atom is 0.276 e. The van der Waals surface area contributed by atoms with E-state index in [1.54, 1.807) is 17.4 Å². The maximum atomic E-state index is 13.2.